The number of nitrogens with zero attached hydrogens (tertiary/aromatic N) is 1. The maximum absolute atomic E-state index is 12.3. The molecule has 1 aliphatic heterocycles. The molecule has 0 radical (unpaired) electrons. The Kier molecular flexibility index (Phi) is 4.15. The summed E-state index contributed by atoms with van der Waals surface area (Å²) in [6.45, 7) is 6.67. The van der Waals surface area contributed by atoms with Gasteiger partial charge in [0.05, 0.1) is 16.8 Å². The Hall–Kier alpha value is -1.48. The van der Waals surface area contributed by atoms with E-state index in [1.165, 1.54) is 0 Å². The molecule has 0 fully saturated rings. The summed E-state index contributed by atoms with van der Waals surface area (Å²) in [4.78, 5) is 14.1. The van der Waals surface area contributed by atoms with Crippen molar-refractivity contribution >= 4 is 23.3 Å². The molecule has 0 aliphatic carbocycles. The van der Waals surface area contributed by atoms with E-state index in [4.69, 9.17) is 11.6 Å². The standard InChI is InChI=1S/C15H19ClN2O/c1-4-12-6-5-7-18(12)15(19)17-14-11(3)8-10(2)9-13(14)16/h5-6,8-9,12H,4,7H2,1-3H3,(H,17,19). The van der Waals surface area contributed by atoms with Gasteiger partial charge in [-0.15, -0.1) is 0 Å². The number of carbonyl (C=O) groups is 1. The summed E-state index contributed by atoms with van der Waals surface area (Å²) in [7, 11) is 0. The fraction of sp³-hybridized carbons (Fsp3) is 0.400. The molecule has 0 aromatic heterocycles. The highest BCUT2D eigenvalue weighted by Crippen LogP contribution is 2.28. The third kappa shape index (κ3) is 2.92. The highest BCUT2D eigenvalue weighted by molar-refractivity contribution is 6.34. The Morgan fingerprint density at radius 1 is 1.47 bits per heavy atom. The first-order chi connectivity index (χ1) is 9.02. The maximum atomic E-state index is 12.3. The normalized spacial score (nSPS) is 17.9. The third-order valence-electron chi connectivity index (χ3n) is 3.40. The van der Waals surface area contributed by atoms with E-state index in [1.807, 2.05) is 37.0 Å². The van der Waals surface area contributed by atoms with Crippen molar-refractivity contribution in [1.82, 2.24) is 4.90 Å². The number of benzene rings is 1. The van der Waals surface area contributed by atoms with Crippen LogP contribution in [0.25, 0.3) is 0 Å². The fourth-order valence-electron chi connectivity index (χ4n) is 2.41. The van der Waals surface area contributed by atoms with Crippen molar-refractivity contribution in [3.8, 4) is 0 Å². The maximum Gasteiger partial charge on any atom is 0.322 e. The van der Waals surface area contributed by atoms with Gasteiger partial charge < -0.3 is 10.2 Å². The molecular weight excluding hydrogens is 260 g/mol. The van der Waals surface area contributed by atoms with Crippen LogP contribution in [0.2, 0.25) is 5.02 Å². The van der Waals surface area contributed by atoms with Crippen LogP contribution in [0.15, 0.2) is 24.3 Å². The topological polar surface area (TPSA) is 32.3 Å². The number of aryl methyl sites for hydroxylation is 2. The van der Waals surface area contributed by atoms with Gasteiger partial charge in [0.2, 0.25) is 0 Å². The minimum Gasteiger partial charge on any atom is -0.314 e. The van der Waals surface area contributed by atoms with Crippen LogP contribution in [0.1, 0.15) is 24.5 Å². The van der Waals surface area contributed by atoms with Gasteiger partial charge in [-0.2, -0.15) is 0 Å². The fourth-order valence-corrected chi connectivity index (χ4v) is 2.78. The number of halogens is 1. The molecule has 1 N–H and O–H groups in total. The van der Waals surface area contributed by atoms with E-state index in [2.05, 4.69) is 18.3 Å². The van der Waals surface area contributed by atoms with Gasteiger partial charge in [0.1, 0.15) is 0 Å². The summed E-state index contributed by atoms with van der Waals surface area (Å²) in [6.07, 6.45) is 5.02. The molecule has 0 spiro atoms. The summed E-state index contributed by atoms with van der Waals surface area (Å²) in [5.41, 5.74) is 2.78. The second kappa shape index (κ2) is 5.66. The Labute approximate surface area is 119 Å². The number of rotatable bonds is 2. The van der Waals surface area contributed by atoms with Crippen molar-refractivity contribution in [3.05, 3.63) is 40.4 Å². The molecule has 1 aliphatic rings. The van der Waals surface area contributed by atoms with E-state index in [1.54, 1.807) is 0 Å². The van der Waals surface area contributed by atoms with Crippen LogP contribution in [-0.2, 0) is 0 Å². The van der Waals surface area contributed by atoms with E-state index in [0.29, 0.717) is 17.3 Å². The highest BCUT2D eigenvalue weighted by Gasteiger charge is 2.24. The van der Waals surface area contributed by atoms with Crippen molar-refractivity contribution in [3.63, 3.8) is 0 Å². The number of amides is 2. The van der Waals surface area contributed by atoms with Gasteiger partial charge in [0.15, 0.2) is 0 Å². The number of urea groups is 1. The Bertz CT molecular complexity index is 502. The minimum absolute atomic E-state index is 0.0919. The lowest BCUT2D eigenvalue weighted by Crippen LogP contribution is -2.39. The van der Waals surface area contributed by atoms with Gasteiger partial charge in [-0.3, -0.25) is 0 Å². The van der Waals surface area contributed by atoms with Crippen LogP contribution < -0.4 is 5.32 Å². The minimum atomic E-state index is -0.0919. The van der Waals surface area contributed by atoms with E-state index >= 15 is 0 Å². The Morgan fingerprint density at radius 2 is 2.21 bits per heavy atom. The van der Waals surface area contributed by atoms with Crippen LogP contribution in [0.4, 0.5) is 10.5 Å². The lowest BCUT2D eigenvalue weighted by molar-refractivity contribution is 0.209. The third-order valence-corrected chi connectivity index (χ3v) is 3.70. The van der Waals surface area contributed by atoms with Gasteiger partial charge >= 0.3 is 6.03 Å². The number of hydrogen-bond donors (Lipinski definition) is 1. The first-order valence-electron chi connectivity index (χ1n) is 6.54. The summed E-state index contributed by atoms with van der Waals surface area (Å²) < 4.78 is 0. The second-order valence-corrected chi connectivity index (χ2v) is 5.33. The average molecular weight is 279 g/mol. The molecule has 1 aromatic carbocycles. The van der Waals surface area contributed by atoms with Crippen molar-refractivity contribution in [2.75, 3.05) is 11.9 Å². The Morgan fingerprint density at radius 3 is 2.84 bits per heavy atom. The van der Waals surface area contributed by atoms with Crippen LogP contribution in [0, 0.1) is 13.8 Å². The number of anilines is 1. The summed E-state index contributed by atoms with van der Waals surface area (Å²) >= 11 is 6.21. The quantitative estimate of drug-likeness (QED) is 0.810. The van der Waals surface area contributed by atoms with E-state index in [9.17, 15) is 4.79 Å². The lowest BCUT2D eigenvalue weighted by atomic mass is 10.1. The number of nitrogens with one attached hydrogen (secondary N) is 1. The van der Waals surface area contributed by atoms with Crippen LogP contribution >= 0.6 is 11.6 Å². The largest absolute Gasteiger partial charge is 0.322 e. The molecule has 0 saturated heterocycles. The van der Waals surface area contributed by atoms with E-state index in [0.717, 1.165) is 17.5 Å². The van der Waals surface area contributed by atoms with Crippen LogP contribution in [0.3, 0.4) is 0 Å². The van der Waals surface area contributed by atoms with Gasteiger partial charge in [-0.05, 0) is 37.5 Å². The lowest BCUT2D eigenvalue weighted by Gasteiger charge is -2.24. The van der Waals surface area contributed by atoms with E-state index < -0.39 is 0 Å². The molecule has 1 atom stereocenters. The monoisotopic (exact) mass is 278 g/mol. The average Bonchev–Trinajstić information content (AvgIpc) is 2.81. The predicted octanol–water partition coefficient (Wildman–Crippen LogP) is 4.14. The molecule has 2 rings (SSSR count). The van der Waals surface area contributed by atoms with E-state index in [-0.39, 0.29) is 12.1 Å². The molecule has 1 aromatic rings. The summed E-state index contributed by atoms with van der Waals surface area (Å²) in [6, 6.07) is 3.97. The summed E-state index contributed by atoms with van der Waals surface area (Å²) in [5, 5.41) is 3.52. The zero-order valence-corrected chi connectivity index (χ0v) is 12.3. The molecule has 0 saturated carbocycles. The highest BCUT2D eigenvalue weighted by atomic mass is 35.5. The summed E-state index contributed by atoms with van der Waals surface area (Å²) in [5.74, 6) is 0. The first-order valence-corrected chi connectivity index (χ1v) is 6.91. The first kappa shape index (κ1) is 13.9. The van der Waals surface area contributed by atoms with Gasteiger partial charge in [-0.25, -0.2) is 4.79 Å². The zero-order chi connectivity index (χ0) is 14.0. The molecule has 102 valence electrons. The van der Waals surface area contributed by atoms with Crippen molar-refractivity contribution in [2.24, 2.45) is 0 Å². The molecule has 3 nitrogen and oxygen atoms in total. The second-order valence-electron chi connectivity index (χ2n) is 4.92. The van der Waals surface area contributed by atoms with Crippen molar-refractivity contribution < 1.29 is 4.79 Å². The van der Waals surface area contributed by atoms with Crippen molar-refractivity contribution in [1.29, 1.82) is 0 Å². The SMILES string of the molecule is CCC1C=CCN1C(=O)Nc1c(C)cc(C)cc1Cl. The van der Waals surface area contributed by atoms with Crippen LogP contribution in [-0.4, -0.2) is 23.5 Å². The van der Waals surface area contributed by atoms with Crippen LogP contribution in [0.5, 0.6) is 0 Å². The molecule has 1 unspecified atom stereocenters. The molecular formula is C15H19ClN2O. The van der Waals surface area contributed by atoms with Crippen molar-refractivity contribution in [2.45, 2.75) is 33.2 Å². The molecule has 2 amide bonds. The molecule has 0 bridgehead atoms. The van der Waals surface area contributed by atoms with Gasteiger partial charge in [0.25, 0.3) is 0 Å². The number of hydrogen-bond acceptors (Lipinski definition) is 1. The Balaban J connectivity index is 2.16. The smallest absolute Gasteiger partial charge is 0.314 e. The molecule has 4 heteroatoms. The molecule has 1 heterocycles. The van der Waals surface area contributed by atoms with Gasteiger partial charge in [-0.1, -0.05) is 36.7 Å². The number of carbonyl (C=O) groups excluding carboxylic acids is 1. The predicted molar refractivity (Wildman–Crippen MR) is 79.9 cm³/mol. The zero-order valence-electron chi connectivity index (χ0n) is 11.5. The van der Waals surface area contributed by atoms with Gasteiger partial charge in [0, 0.05) is 6.54 Å². The molecule has 19 heavy (non-hydrogen) atoms.